The topological polar surface area (TPSA) is 140 Å². The Kier molecular flexibility index (Phi) is 10.1. The van der Waals surface area contributed by atoms with Gasteiger partial charge in [-0.3, -0.25) is 23.7 Å². The summed E-state index contributed by atoms with van der Waals surface area (Å²) in [5.41, 5.74) is 4.08. The molecule has 0 unspecified atom stereocenters. The molecule has 1 N–H and O–H groups in total. The first-order valence-electron chi connectivity index (χ1n) is 15.0. The smallest absolute Gasteiger partial charge is 0.338 e. The molecule has 0 amide bonds. The summed E-state index contributed by atoms with van der Waals surface area (Å²) in [7, 11) is 3.06. The van der Waals surface area contributed by atoms with E-state index in [4.69, 9.17) is 18.9 Å². The van der Waals surface area contributed by atoms with Gasteiger partial charge in [0.25, 0.3) is 11.1 Å². The van der Waals surface area contributed by atoms with Crippen LogP contribution in [0.15, 0.2) is 64.3 Å². The Labute approximate surface area is 264 Å². The average molecular weight is 629 g/mol. The van der Waals surface area contributed by atoms with Gasteiger partial charge in [-0.15, -0.1) is 0 Å². The van der Waals surface area contributed by atoms with Gasteiger partial charge in [-0.1, -0.05) is 0 Å². The van der Waals surface area contributed by atoms with Crippen LogP contribution in [0.1, 0.15) is 46.5 Å². The van der Waals surface area contributed by atoms with Crippen molar-refractivity contribution in [1.82, 2.24) is 14.1 Å². The molecule has 6 rings (SSSR count). The van der Waals surface area contributed by atoms with Gasteiger partial charge in [-0.05, 0) is 75.2 Å². The molecule has 5 aromatic rings. The number of anilines is 1. The Balaban J connectivity index is 0.000000181. The van der Waals surface area contributed by atoms with E-state index in [9.17, 15) is 19.2 Å². The summed E-state index contributed by atoms with van der Waals surface area (Å²) in [5.74, 6) is -0.816. The lowest BCUT2D eigenvalue weighted by molar-refractivity contribution is 0.0517. The average Bonchev–Trinajstić information content (AvgIpc) is 3.08. The van der Waals surface area contributed by atoms with Crippen molar-refractivity contribution in [3.63, 3.8) is 0 Å². The molecule has 0 bridgehead atoms. The minimum atomic E-state index is -0.424. The molecule has 0 atom stereocenters. The number of pyridine rings is 3. The summed E-state index contributed by atoms with van der Waals surface area (Å²) in [6.07, 6.45) is 3.32. The molecule has 2 aromatic carbocycles. The Morgan fingerprint density at radius 1 is 0.804 bits per heavy atom. The summed E-state index contributed by atoms with van der Waals surface area (Å²) in [6, 6.07) is 13.9. The van der Waals surface area contributed by atoms with Gasteiger partial charge in [0, 0.05) is 43.3 Å². The van der Waals surface area contributed by atoms with Gasteiger partial charge in [0.1, 0.15) is 13.5 Å². The number of carbonyl (C=O) groups excluding carboxylic acids is 2. The van der Waals surface area contributed by atoms with E-state index in [0.717, 1.165) is 41.4 Å². The quantitative estimate of drug-likeness (QED) is 0.193. The Bertz CT molecular complexity index is 2050. The molecule has 240 valence electrons. The van der Waals surface area contributed by atoms with Crippen LogP contribution in [-0.4, -0.2) is 60.0 Å². The van der Waals surface area contributed by atoms with E-state index in [2.05, 4.69) is 10.3 Å². The van der Waals surface area contributed by atoms with Crippen molar-refractivity contribution in [1.29, 1.82) is 0 Å². The molecule has 0 saturated carbocycles. The zero-order valence-electron chi connectivity index (χ0n) is 26.3. The van der Waals surface area contributed by atoms with Gasteiger partial charge < -0.3 is 24.3 Å². The summed E-state index contributed by atoms with van der Waals surface area (Å²) in [5, 5.41) is 5.54. The minimum absolute atomic E-state index is 0.0671. The van der Waals surface area contributed by atoms with Crippen molar-refractivity contribution in [3.05, 3.63) is 92.1 Å². The standard InChI is InChI=1S/C17H20N2O4.C17H16N2O4/c2*1-3-23-17(21)11-6-7-12-14(9-11)19(10-22-2)16(20)13-5-4-8-18-15(12)13/h6-7,9,18H,3-5,8,10H2,1-2H3;4-9H,3,10H2,1-2H3. The summed E-state index contributed by atoms with van der Waals surface area (Å²) in [4.78, 5) is 53.7. The van der Waals surface area contributed by atoms with Gasteiger partial charge in [0.05, 0.1) is 52.0 Å². The molecule has 3 aromatic heterocycles. The molecule has 4 heterocycles. The number of rotatable bonds is 8. The number of carbonyl (C=O) groups is 2. The third kappa shape index (κ3) is 6.22. The van der Waals surface area contributed by atoms with Crippen molar-refractivity contribution in [3.8, 4) is 0 Å². The van der Waals surface area contributed by atoms with E-state index >= 15 is 0 Å². The zero-order valence-corrected chi connectivity index (χ0v) is 26.3. The lowest BCUT2D eigenvalue weighted by atomic mass is 10.00. The van der Waals surface area contributed by atoms with Crippen molar-refractivity contribution < 1.29 is 28.5 Å². The molecule has 12 nitrogen and oxygen atoms in total. The van der Waals surface area contributed by atoms with Crippen LogP contribution >= 0.6 is 0 Å². The maximum atomic E-state index is 12.8. The maximum absolute atomic E-state index is 12.8. The number of ether oxygens (including phenoxy) is 4. The highest BCUT2D eigenvalue weighted by atomic mass is 16.5. The fraction of sp³-hybridized carbons (Fsp3) is 0.324. The summed E-state index contributed by atoms with van der Waals surface area (Å²) >= 11 is 0. The second kappa shape index (κ2) is 14.4. The van der Waals surface area contributed by atoms with Crippen molar-refractivity contribution in [2.24, 2.45) is 0 Å². The van der Waals surface area contributed by atoms with Gasteiger partial charge in [-0.25, -0.2) is 9.59 Å². The van der Waals surface area contributed by atoms with E-state index in [0.29, 0.717) is 46.3 Å². The highest BCUT2D eigenvalue weighted by Crippen LogP contribution is 2.29. The summed E-state index contributed by atoms with van der Waals surface area (Å²) < 4.78 is 23.5. The molecule has 0 fully saturated rings. The van der Waals surface area contributed by atoms with Crippen LogP contribution in [0.2, 0.25) is 0 Å². The monoisotopic (exact) mass is 628 g/mol. The SMILES string of the molecule is CCOC(=O)c1ccc2c3c(c(=O)n(COC)c2c1)CCCN3.CCOC(=O)c1ccc2c3ncccc3c(=O)n(COC)c2c1. The normalized spacial score (nSPS) is 12.3. The molecular weight excluding hydrogens is 592 g/mol. The molecule has 46 heavy (non-hydrogen) atoms. The maximum Gasteiger partial charge on any atom is 0.338 e. The van der Waals surface area contributed by atoms with Gasteiger partial charge in [0.15, 0.2) is 0 Å². The predicted octanol–water partition coefficient (Wildman–Crippen LogP) is 4.47. The summed E-state index contributed by atoms with van der Waals surface area (Å²) in [6.45, 7) is 5.20. The van der Waals surface area contributed by atoms with E-state index in [1.165, 1.54) is 11.7 Å². The number of nitrogens with zero attached hydrogens (tertiary/aromatic N) is 3. The Hall–Kier alpha value is -5.07. The van der Waals surface area contributed by atoms with E-state index in [1.807, 2.05) is 6.07 Å². The first-order valence-corrected chi connectivity index (χ1v) is 15.0. The van der Waals surface area contributed by atoms with Crippen molar-refractivity contribution >= 4 is 50.3 Å². The molecule has 0 radical (unpaired) electrons. The van der Waals surface area contributed by atoms with Crippen LogP contribution in [0.25, 0.3) is 32.7 Å². The molecule has 12 heteroatoms. The number of aromatic nitrogens is 3. The highest BCUT2D eigenvalue weighted by molar-refractivity contribution is 6.05. The lowest BCUT2D eigenvalue weighted by Crippen LogP contribution is -2.29. The van der Waals surface area contributed by atoms with Crippen LogP contribution in [0, 0.1) is 0 Å². The fourth-order valence-corrected chi connectivity index (χ4v) is 5.62. The second-order valence-corrected chi connectivity index (χ2v) is 10.5. The van der Waals surface area contributed by atoms with Crippen LogP contribution < -0.4 is 16.4 Å². The number of hydrogen-bond acceptors (Lipinski definition) is 10. The zero-order chi connectivity index (χ0) is 32.8. The van der Waals surface area contributed by atoms with Gasteiger partial charge in [-0.2, -0.15) is 0 Å². The first kappa shape index (κ1) is 32.3. The van der Waals surface area contributed by atoms with Gasteiger partial charge >= 0.3 is 11.9 Å². The van der Waals surface area contributed by atoms with Crippen LogP contribution in [0.4, 0.5) is 5.69 Å². The number of nitrogens with one attached hydrogen (secondary N) is 1. The molecule has 0 aliphatic carbocycles. The number of methoxy groups -OCH3 is 2. The van der Waals surface area contributed by atoms with E-state index in [-0.39, 0.29) is 24.6 Å². The van der Waals surface area contributed by atoms with E-state index < -0.39 is 11.9 Å². The van der Waals surface area contributed by atoms with Crippen molar-refractivity contribution in [2.75, 3.05) is 39.3 Å². The minimum Gasteiger partial charge on any atom is -0.462 e. The van der Waals surface area contributed by atoms with Crippen molar-refractivity contribution in [2.45, 2.75) is 40.2 Å². The number of benzene rings is 2. The lowest BCUT2D eigenvalue weighted by Gasteiger charge is -2.22. The van der Waals surface area contributed by atoms with Crippen LogP contribution in [0.3, 0.4) is 0 Å². The molecule has 1 aliphatic heterocycles. The van der Waals surface area contributed by atoms with Crippen LogP contribution in [0.5, 0.6) is 0 Å². The molecule has 0 saturated heterocycles. The second-order valence-electron chi connectivity index (χ2n) is 10.5. The Morgan fingerprint density at radius 3 is 2.00 bits per heavy atom. The first-order chi connectivity index (χ1) is 22.3. The van der Waals surface area contributed by atoms with Gasteiger partial charge in [0.2, 0.25) is 0 Å². The highest BCUT2D eigenvalue weighted by Gasteiger charge is 2.21. The molecular formula is C34H36N4O8. The number of hydrogen-bond donors (Lipinski definition) is 1. The number of fused-ring (bicyclic) bond motifs is 6. The fourth-order valence-electron chi connectivity index (χ4n) is 5.62. The van der Waals surface area contributed by atoms with Crippen LogP contribution in [-0.2, 0) is 38.8 Å². The molecule has 1 aliphatic rings. The molecule has 0 spiro atoms. The van der Waals surface area contributed by atoms with E-state index in [1.54, 1.807) is 74.2 Å². The number of esters is 2. The predicted molar refractivity (Wildman–Crippen MR) is 174 cm³/mol. The third-order valence-electron chi connectivity index (χ3n) is 7.63. The third-order valence-corrected chi connectivity index (χ3v) is 7.63. The Morgan fingerprint density at radius 2 is 1.39 bits per heavy atom. The largest absolute Gasteiger partial charge is 0.462 e.